The second-order valence-corrected chi connectivity index (χ2v) is 6.75. The lowest BCUT2D eigenvalue weighted by Crippen LogP contribution is -2.44. The molecule has 2 N–H and O–H groups in total. The highest BCUT2D eigenvalue weighted by molar-refractivity contribution is 5.95. The Morgan fingerprint density at radius 2 is 1.83 bits per heavy atom. The summed E-state index contributed by atoms with van der Waals surface area (Å²) in [6, 6.07) is 13.9. The van der Waals surface area contributed by atoms with Gasteiger partial charge in [0.25, 0.3) is 11.8 Å². The number of esters is 1. The normalized spacial score (nSPS) is 13.8. The number of rotatable bonds is 5. The molecular formula is C21H21N5O4. The summed E-state index contributed by atoms with van der Waals surface area (Å²) in [7, 11) is 0. The number of anilines is 1. The summed E-state index contributed by atoms with van der Waals surface area (Å²) in [4.78, 5) is 42.2. The van der Waals surface area contributed by atoms with Gasteiger partial charge < -0.3 is 9.64 Å². The molecule has 0 spiro atoms. The first-order valence-corrected chi connectivity index (χ1v) is 9.49. The first-order valence-electron chi connectivity index (χ1n) is 9.49. The largest absolute Gasteiger partial charge is 0.455 e. The number of nitrogens with one attached hydrogen (secondary N) is 2. The number of benzene rings is 1. The Balaban J connectivity index is 1.37. The van der Waals surface area contributed by atoms with Gasteiger partial charge in [0, 0.05) is 24.8 Å². The van der Waals surface area contributed by atoms with E-state index in [0.717, 1.165) is 5.82 Å². The van der Waals surface area contributed by atoms with Gasteiger partial charge in [0.2, 0.25) is 0 Å². The van der Waals surface area contributed by atoms with Gasteiger partial charge in [-0.05, 0) is 37.1 Å². The Morgan fingerprint density at radius 1 is 1.10 bits per heavy atom. The topological polar surface area (TPSA) is 124 Å². The van der Waals surface area contributed by atoms with Crippen molar-refractivity contribution in [2.24, 2.45) is 5.92 Å². The molecule has 0 bridgehead atoms. The number of carbonyl (C=O) groups is 3. The van der Waals surface area contributed by atoms with Crippen molar-refractivity contribution in [2.75, 3.05) is 24.6 Å². The molecule has 1 aromatic heterocycles. The van der Waals surface area contributed by atoms with Crippen molar-refractivity contribution in [1.29, 1.82) is 5.26 Å². The second kappa shape index (κ2) is 10.0. The maximum atomic E-state index is 12.2. The zero-order chi connectivity index (χ0) is 21.3. The number of carbonyl (C=O) groups excluding carboxylic acids is 3. The van der Waals surface area contributed by atoms with E-state index < -0.39 is 24.4 Å². The minimum Gasteiger partial charge on any atom is -0.455 e. The molecule has 0 atom stereocenters. The molecule has 3 rings (SSSR count). The number of nitriles is 1. The van der Waals surface area contributed by atoms with Crippen LogP contribution in [0, 0.1) is 17.2 Å². The van der Waals surface area contributed by atoms with Crippen LogP contribution in [0.3, 0.4) is 0 Å². The van der Waals surface area contributed by atoms with Gasteiger partial charge in [-0.25, -0.2) is 4.98 Å². The molecule has 30 heavy (non-hydrogen) atoms. The van der Waals surface area contributed by atoms with E-state index in [1.807, 2.05) is 11.0 Å². The van der Waals surface area contributed by atoms with Crippen LogP contribution in [0.25, 0.3) is 0 Å². The van der Waals surface area contributed by atoms with Crippen molar-refractivity contribution in [1.82, 2.24) is 15.8 Å². The smallest absolute Gasteiger partial charge is 0.309 e. The molecule has 9 nitrogen and oxygen atoms in total. The minimum atomic E-state index is -0.619. The summed E-state index contributed by atoms with van der Waals surface area (Å²) in [6.45, 7) is 0.779. The van der Waals surface area contributed by atoms with Crippen LogP contribution in [-0.4, -0.2) is 42.5 Å². The summed E-state index contributed by atoms with van der Waals surface area (Å²) in [5.74, 6) is -1.06. The SMILES string of the molecule is N#Cc1ccc(N2CCC(C(=O)OCC(=O)NNC(=O)c3ccccc3)CC2)nc1. The predicted octanol–water partition coefficient (Wildman–Crippen LogP) is 1.17. The van der Waals surface area contributed by atoms with Crippen molar-refractivity contribution >= 4 is 23.6 Å². The Morgan fingerprint density at radius 3 is 2.47 bits per heavy atom. The molecule has 0 saturated carbocycles. The number of nitrogens with zero attached hydrogens (tertiary/aromatic N) is 3. The molecule has 2 aromatic rings. The average molecular weight is 407 g/mol. The minimum absolute atomic E-state index is 0.300. The number of hydrogen-bond acceptors (Lipinski definition) is 7. The summed E-state index contributed by atoms with van der Waals surface area (Å²) in [6.07, 6.45) is 2.67. The summed E-state index contributed by atoms with van der Waals surface area (Å²) >= 11 is 0. The van der Waals surface area contributed by atoms with Gasteiger partial charge in [-0.3, -0.25) is 25.2 Å². The number of ether oxygens (including phenoxy) is 1. The van der Waals surface area contributed by atoms with Crippen LogP contribution in [0.2, 0.25) is 0 Å². The van der Waals surface area contributed by atoms with E-state index in [1.54, 1.807) is 42.5 Å². The molecule has 2 heterocycles. The van der Waals surface area contributed by atoms with E-state index >= 15 is 0 Å². The van der Waals surface area contributed by atoms with Gasteiger partial charge >= 0.3 is 5.97 Å². The highest BCUT2D eigenvalue weighted by Crippen LogP contribution is 2.22. The van der Waals surface area contributed by atoms with Crippen LogP contribution in [-0.2, 0) is 14.3 Å². The van der Waals surface area contributed by atoms with Gasteiger partial charge in [0.15, 0.2) is 6.61 Å². The van der Waals surface area contributed by atoms with Gasteiger partial charge in [0.1, 0.15) is 11.9 Å². The molecule has 1 saturated heterocycles. The van der Waals surface area contributed by atoms with E-state index in [1.165, 1.54) is 6.20 Å². The van der Waals surface area contributed by atoms with Crippen molar-refractivity contribution in [3.63, 3.8) is 0 Å². The molecule has 0 radical (unpaired) electrons. The fourth-order valence-corrected chi connectivity index (χ4v) is 3.06. The van der Waals surface area contributed by atoms with Crippen LogP contribution >= 0.6 is 0 Å². The molecule has 9 heteroatoms. The van der Waals surface area contributed by atoms with Crippen molar-refractivity contribution in [3.05, 3.63) is 59.8 Å². The van der Waals surface area contributed by atoms with Crippen molar-refractivity contribution < 1.29 is 19.1 Å². The molecule has 1 aliphatic heterocycles. The zero-order valence-corrected chi connectivity index (χ0v) is 16.2. The Kier molecular flexibility index (Phi) is 6.95. The van der Waals surface area contributed by atoms with E-state index in [4.69, 9.17) is 10.00 Å². The molecule has 2 amide bonds. The number of pyridine rings is 1. The maximum absolute atomic E-state index is 12.2. The quantitative estimate of drug-likeness (QED) is 0.563. The molecule has 1 fully saturated rings. The molecular weight excluding hydrogens is 386 g/mol. The lowest BCUT2D eigenvalue weighted by molar-refractivity contribution is -0.153. The molecule has 0 aliphatic carbocycles. The molecule has 1 aromatic carbocycles. The van der Waals surface area contributed by atoms with Crippen molar-refractivity contribution in [2.45, 2.75) is 12.8 Å². The third-order valence-corrected chi connectivity index (χ3v) is 4.73. The Hall–Kier alpha value is -3.93. The van der Waals surface area contributed by atoms with E-state index in [9.17, 15) is 14.4 Å². The van der Waals surface area contributed by atoms with Crippen LogP contribution in [0.4, 0.5) is 5.82 Å². The van der Waals surface area contributed by atoms with Gasteiger partial charge in [0.05, 0.1) is 11.5 Å². The fourth-order valence-electron chi connectivity index (χ4n) is 3.06. The van der Waals surface area contributed by atoms with Crippen LogP contribution < -0.4 is 15.8 Å². The number of piperidine rings is 1. The second-order valence-electron chi connectivity index (χ2n) is 6.75. The van der Waals surface area contributed by atoms with Crippen LogP contribution in [0.5, 0.6) is 0 Å². The fraction of sp³-hybridized carbons (Fsp3) is 0.286. The predicted molar refractivity (Wildman–Crippen MR) is 107 cm³/mol. The Bertz CT molecular complexity index is 932. The first-order chi connectivity index (χ1) is 14.6. The van der Waals surface area contributed by atoms with Crippen LogP contribution in [0.1, 0.15) is 28.8 Å². The number of amides is 2. The lowest BCUT2D eigenvalue weighted by Gasteiger charge is -2.31. The van der Waals surface area contributed by atoms with Gasteiger partial charge in [-0.2, -0.15) is 5.26 Å². The highest BCUT2D eigenvalue weighted by Gasteiger charge is 2.27. The summed E-state index contributed by atoms with van der Waals surface area (Å²) in [5, 5.41) is 8.83. The lowest BCUT2D eigenvalue weighted by atomic mass is 9.97. The molecule has 1 aliphatic rings. The number of hydrogen-bond donors (Lipinski definition) is 2. The Labute approximate surface area is 173 Å². The standard InChI is InChI=1S/C21H21N5O4/c22-12-15-6-7-18(23-13-15)26-10-8-17(9-11-26)21(29)30-14-19(27)24-25-20(28)16-4-2-1-3-5-16/h1-7,13,17H,8-11,14H2,(H,24,27)(H,25,28). The number of hydrazine groups is 1. The van der Waals surface area contributed by atoms with E-state index in [-0.39, 0.29) is 5.92 Å². The molecule has 0 unspecified atom stereocenters. The maximum Gasteiger partial charge on any atom is 0.309 e. The van der Waals surface area contributed by atoms with Gasteiger partial charge in [-0.1, -0.05) is 18.2 Å². The average Bonchev–Trinajstić information content (AvgIpc) is 2.81. The first kappa shape index (κ1) is 20.8. The monoisotopic (exact) mass is 407 g/mol. The third kappa shape index (κ3) is 5.54. The summed E-state index contributed by atoms with van der Waals surface area (Å²) in [5.41, 5.74) is 5.39. The third-order valence-electron chi connectivity index (χ3n) is 4.73. The van der Waals surface area contributed by atoms with Crippen molar-refractivity contribution in [3.8, 4) is 6.07 Å². The van der Waals surface area contributed by atoms with Crippen LogP contribution in [0.15, 0.2) is 48.7 Å². The van der Waals surface area contributed by atoms with E-state index in [0.29, 0.717) is 37.1 Å². The number of aromatic nitrogens is 1. The van der Waals surface area contributed by atoms with E-state index in [2.05, 4.69) is 15.8 Å². The highest BCUT2D eigenvalue weighted by atomic mass is 16.5. The molecule has 154 valence electrons. The summed E-state index contributed by atoms with van der Waals surface area (Å²) < 4.78 is 5.08. The van der Waals surface area contributed by atoms with Gasteiger partial charge in [-0.15, -0.1) is 0 Å². The zero-order valence-electron chi connectivity index (χ0n) is 16.2.